The fourth-order valence-corrected chi connectivity index (χ4v) is 7.54. The van der Waals surface area contributed by atoms with Crippen molar-refractivity contribution in [1.82, 2.24) is 0 Å². The van der Waals surface area contributed by atoms with E-state index in [-0.39, 0.29) is 0 Å². The Balaban J connectivity index is 0.952. The minimum absolute atomic E-state index is 0.607. The molecule has 0 saturated heterocycles. The highest BCUT2D eigenvalue weighted by atomic mass is 16.3. The topological polar surface area (TPSA) is 50.1 Å². The van der Waals surface area contributed by atoms with Crippen molar-refractivity contribution in [3.63, 3.8) is 0 Å². The zero-order chi connectivity index (χ0) is 34.6. The van der Waals surface area contributed by atoms with Crippen molar-refractivity contribution in [3.8, 4) is 61.7 Å². The molecule has 10 aromatic rings. The van der Waals surface area contributed by atoms with Gasteiger partial charge in [-0.3, -0.25) is 0 Å². The van der Waals surface area contributed by atoms with Gasteiger partial charge in [0.2, 0.25) is 0 Å². The van der Waals surface area contributed by atoms with Gasteiger partial charge in [0.15, 0.2) is 0 Å². The van der Waals surface area contributed by atoms with E-state index < -0.39 is 0 Å². The van der Waals surface area contributed by atoms with Gasteiger partial charge < -0.3 is 8.83 Å². The molecule has 0 saturated carbocycles. The highest BCUT2D eigenvalue weighted by Gasteiger charge is 2.15. The van der Waals surface area contributed by atoms with E-state index in [1.54, 1.807) is 0 Å². The van der Waals surface area contributed by atoms with Gasteiger partial charge in [0, 0.05) is 32.7 Å². The van der Waals surface area contributed by atoms with Crippen LogP contribution in [0.2, 0.25) is 0 Å². The summed E-state index contributed by atoms with van der Waals surface area (Å²) in [5.41, 5.74) is 14.8. The lowest BCUT2D eigenvalue weighted by molar-refractivity contribution is 0.669. The maximum Gasteiger partial charge on any atom is 0.143 e. The van der Waals surface area contributed by atoms with Crippen molar-refractivity contribution in [3.05, 3.63) is 181 Å². The summed E-state index contributed by atoms with van der Waals surface area (Å²) < 4.78 is 12.6. The van der Waals surface area contributed by atoms with Gasteiger partial charge in [0.05, 0.1) is 11.6 Å². The number of para-hydroxylation sites is 4. The first-order valence-corrected chi connectivity index (χ1v) is 17.4. The standard InChI is InChI=1S/C49H29NO2/c50-30-31-26-38(29-39(27-31)41-13-7-15-45-43-11-2-4-17-47(43)52-49(41)45)37-9-5-8-36(28-37)34-20-18-32(19-21-34)33-22-24-35(25-23-33)40-12-6-14-44-42-10-1-3-16-46(42)51-48(40)44/h1-29H. The monoisotopic (exact) mass is 663 g/mol. The first-order chi connectivity index (χ1) is 25.7. The van der Waals surface area contributed by atoms with E-state index in [2.05, 4.69) is 140 Å². The Bertz CT molecular complexity index is 3010. The van der Waals surface area contributed by atoms with Crippen molar-refractivity contribution in [2.45, 2.75) is 0 Å². The summed E-state index contributed by atoms with van der Waals surface area (Å²) in [6.07, 6.45) is 0. The second kappa shape index (κ2) is 12.0. The molecule has 10 rings (SSSR count). The van der Waals surface area contributed by atoms with E-state index >= 15 is 0 Å². The van der Waals surface area contributed by atoms with Crippen molar-refractivity contribution < 1.29 is 8.83 Å². The zero-order valence-electron chi connectivity index (χ0n) is 28.0. The smallest absolute Gasteiger partial charge is 0.143 e. The van der Waals surface area contributed by atoms with Crippen LogP contribution in [0, 0.1) is 11.3 Å². The molecule has 0 spiro atoms. The van der Waals surface area contributed by atoms with Crippen molar-refractivity contribution in [2.75, 3.05) is 0 Å². The van der Waals surface area contributed by atoms with Crippen molar-refractivity contribution in [1.29, 1.82) is 5.26 Å². The maximum absolute atomic E-state index is 10.0. The van der Waals surface area contributed by atoms with Gasteiger partial charge in [-0.05, 0) is 80.9 Å². The molecule has 0 amide bonds. The molecule has 0 atom stereocenters. The molecular weight excluding hydrogens is 635 g/mol. The summed E-state index contributed by atoms with van der Waals surface area (Å²) in [5.74, 6) is 0. The van der Waals surface area contributed by atoms with Crippen molar-refractivity contribution in [2.24, 2.45) is 0 Å². The third-order valence-electron chi connectivity index (χ3n) is 10.1. The van der Waals surface area contributed by atoms with Gasteiger partial charge in [-0.1, -0.05) is 140 Å². The molecule has 3 nitrogen and oxygen atoms in total. The van der Waals surface area contributed by atoms with Crippen LogP contribution < -0.4 is 0 Å². The lowest BCUT2D eigenvalue weighted by atomic mass is 9.93. The predicted octanol–water partition coefficient (Wildman–Crippen LogP) is 13.7. The second-order valence-electron chi connectivity index (χ2n) is 13.2. The Morgan fingerprint density at radius 2 is 0.750 bits per heavy atom. The summed E-state index contributed by atoms with van der Waals surface area (Å²) >= 11 is 0. The van der Waals surface area contributed by atoms with Crippen LogP contribution in [0.4, 0.5) is 0 Å². The van der Waals surface area contributed by atoms with Crippen LogP contribution in [0.5, 0.6) is 0 Å². The SMILES string of the molecule is N#Cc1cc(-c2cccc(-c3ccc(-c4ccc(-c5cccc6c5oc5ccccc56)cc4)cc3)c2)cc(-c2cccc3c2oc2ccccc23)c1. The van der Waals surface area contributed by atoms with Gasteiger partial charge in [-0.25, -0.2) is 0 Å². The Morgan fingerprint density at radius 1 is 0.327 bits per heavy atom. The van der Waals surface area contributed by atoms with Crippen LogP contribution in [-0.4, -0.2) is 0 Å². The first-order valence-electron chi connectivity index (χ1n) is 17.4. The lowest BCUT2D eigenvalue weighted by Gasteiger charge is -2.11. The molecule has 242 valence electrons. The van der Waals surface area contributed by atoms with E-state index in [1.807, 2.05) is 42.5 Å². The maximum atomic E-state index is 10.0. The van der Waals surface area contributed by atoms with Crippen LogP contribution in [0.3, 0.4) is 0 Å². The minimum Gasteiger partial charge on any atom is -0.455 e. The number of furan rings is 2. The van der Waals surface area contributed by atoms with Crippen LogP contribution in [0.15, 0.2) is 185 Å². The lowest BCUT2D eigenvalue weighted by Crippen LogP contribution is -1.87. The van der Waals surface area contributed by atoms with Gasteiger partial charge in [0.1, 0.15) is 22.3 Å². The van der Waals surface area contributed by atoms with Gasteiger partial charge >= 0.3 is 0 Å². The molecule has 2 aromatic heterocycles. The molecule has 8 aromatic carbocycles. The number of benzene rings is 8. The molecule has 0 radical (unpaired) electrons. The normalized spacial score (nSPS) is 11.4. The molecule has 0 aliphatic rings. The number of fused-ring (bicyclic) bond motifs is 6. The van der Waals surface area contributed by atoms with E-state index in [0.29, 0.717) is 5.56 Å². The molecule has 0 aliphatic carbocycles. The summed E-state index contributed by atoms with van der Waals surface area (Å²) in [6.45, 7) is 0. The average molecular weight is 664 g/mol. The summed E-state index contributed by atoms with van der Waals surface area (Å²) in [5, 5.41) is 14.5. The van der Waals surface area contributed by atoms with Crippen LogP contribution in [0.25, 0.3) is 99.5 Å². The molecule has 3 heteroatoms. The molecule has 0 aliphatic heterocycles. The average Bonchev–Trinajstić information content (AvgIpc) is 3.80. The zero-order valence-corrected chi connectivity index (χ0v) is 28.0. The summed E-state index contributed by atoms with van der Waals surface area (Å²) in [4.78, 5) is 0. The number of rotatable bonds is 5. The van der Waals surface area contributed by atoms with Crippen LogP contribution in [-0.2, 0) is 0 Å². The third-order valence-corrected chi connectivity index (χ3v) is 10.1. The molecular formula is C49H29NO2. The largest absolute Gasteiger partial charge is 0.455 e. The number of nitrogens with zero attached hydrogens (tertiary/aromatic N) is 1. The molecule has 52 heavy (non-hydrogen) atoms. The number of nitriles is 1. The number of hydrogen-bond donors (Lipinski definition) is 0. The molecule has 0 bridgehead atoms. The van der Waals surface area contributed by atoms with E-state index in [9.17, 15) is 5.26 Å². The Morgan fingerprint density at radius 3 is 1.33 bits per heavy atom. The third kappa shape index (κ3) is 4.97. The predicted molar refractivity (Wildman–Crippen MR) is 213 cm³/mol. The molecule has 0 unspecified atom stereocenters. The highest BCUT2D eigenvalue weighted by molar-refractivity contribution is 6.10. The van der Waals surface area contributed by atoms with Crippen LogP contribution >= 0.6 is 0 Å². The number of hydrogen-bond acceptors (Lipinski definition) is 3. The molecule has 0 fully saturated rings. The Labute approximate surface area is 300 Å². The molecule has 2 heterocycles. The van der Waals surface area contributed by atoms with Crippen molar-refractivity contribution >= 4 is 43.9 Å². The van der Waals surface area contributed by atoms with Gasteiger partial charge in [-0.15, -0.1) is 0 Å². The fourth-order valence-electron chi connectivity index (χ4n) is 7.54. The first kappa shape index (κ1) is 29.7. The van der Waals surface area contributed by atoms with E-state index in [4.69, 9.17) is 8.83 Å². The van der Waals surface area contributed by atoms with E-state index in [1.165, 1.54) is 0 Å². The van der Waals surface area contributed by atoms with Gasteiger partial charge in [0.25, 0.3) is 0 Å². The Kier molecular flexibility index (Phi) is 6.87. The minimum atomic E-state index is 0.607. The molecule has 0 N–H and O–H groups in total. The summed E-state index contributed by atoms with van der Waals surface area (Å²) in [7, 11) is 0. The van der Waals surface area contributed by atoms with Crippen LogP contribution in [0.1, 0.15) is 5.56 Å². The second-order valence-corrected chi connectivity index (χ2v) is 13.2. The highest BCUT2D eigenvalue weighted by Crippen LogP contribution is 2.39. The fraction of sp³-hybridized carbons (Fsp3) is 0. The quantitative estimate of drug-likeness (QED) is 0.184. The van der Waals surface area contributed by atoms with E-state index in [0.717, 1.165) is 99.5 Å². The van der Waals surface area contributed by atoms with Gasteiger partial charge in [-0.2, -0.15) is 5.26 Å². The Hall–Kier alpha value is -7.15. The summed E-state index contributed by atoms with van der Waals surface area (Å²) in [6, 6.07) is 63.2.